The molecule has 7 heteroatoms. The Bertz CT molecular complexity index is 981. The van der Waals surface area contributed by atoms with Crippen molar-refractivity contribution in [3.63, 3.8) is 0 Å². The molecular weight excluding hydrogens is 391 g/mol. The van der Waals surface area contributed by atoms with Crippen LogP contribution < -0.4 is 10.6 Å². The third-order valence-corrected chi connectivity index (χ3v) is 5.13. The predicted molar refractivity (Wildman–Crippen MR) is 115 cm³/mol. The fourth-order valence-corrected chi connectivity index (χ4v) is 3.72. The molecule has 2 aromatic carbocycles. The molecule has 0 atom stereocenters. The summed E-state index contributed by atoms with van der Waals surface area (Å²) >= 11 is 0. The van der Waals surface area contributed by atoms with Crippen LogP contribution in [0.25, 0.3) is 5.69 Å². The molecule has 29 heavy (non-hydrogen) atoms. The van der Waals surface area contributed by atoms with Crippen LogP contribution in [0.5, 0.6) is 0 Å². The molecule has 0 unspecified atom stereocenters. The minimum absolute atomic E-state index is 0. The first kappa shape index (κ1) is 21.0. The van der Waals surface area contributed by atoms with Gasteiger partial charge in [0, 0.05) is 11.6 Å². The number of carbonyl (C=O) groups is 1. The van der Waals surface area contributed by atoms with E-state index in [1.807, 2.05) is 29.8 Å². The van der Waals surface area contributed by atoms with E-state index in [-0.39, 0.29) is 30.0 Å². The third kappa shape index (κ3) is 4.66. The Morgan fingerprint density at radius 3 is 2.59 bits per heavy atom. The van der Waals surface area contributed by atoms with Crippen LogP contribution in [-0.2, 0) is 0 Å². The molecule has 1 amide bonds. The Kier molecular flexibility index (Phi) is 6.67. The Hall–Kier alpha value is -2.70. The molecule has 1 aliphatic rings. The van der Waals surface area contributed by atoms with Crippen LogP contribution in [-0.4, -0.2) is 28.8 Å². The van der Waals surface area contributed by atoms with Crippen LogP contribution >= 0.6 is 12.4 Å². The molecule has 1 aromatic heterocycles. The van der Waals surface area contributed by atoms with E-state index in [1.165, 1.54) is 12.1 Å². The Labute approximate surface area is 175 Å². The number of carbonyl (C=O) groups excluding carboxylic acids is 1. The SMILES string of the molecule is Cc1cccc(-n2ncc(C(=O)Nc3ccc(F)cc3)c2C2CCNCC2)c1.Cl. The second-order valence-electron chi connectivity index (χ2n) is 7.18. The van der Waals surface area contributed by atoms with Crippen molar-refractivity contribution in [2.75, 3.05) is 18.4 Å². The molecule has 0 radical (unpaired) electrons. The minimum Gasteiger partial charge on any atom is -0.322 e. The van der Waals surface area contributed by atoms with Gasteiger partial charge in [-0.05, 0) is 74.8 Å². The van der Waals surface area contributed by atoms with Gasteiger partial charge in [-0.2, -0.15) is 5.10 Å². The number of rotatable bonds is 4. The van der Waals surface area contributed by atoms with Gasteiger partial charge in [0.05, 0.1) is 23.1 Å². The second-order valence-corrected chi connectivity index (χ2v) is 7.18. The molecule has 0 bridgehead atoms. The molecule has 2 heterocycles. The van der Waals surface area contributed by atoms with Gasteiger partial charge in [0.2, 0.25) is 0 Å². The maximum Gasteiger partial charge on any atom is 0.259 e. The monoisotopic (exact) mass is 414 g/mol. The summed E-state index contributed by atoms with van der Waals surface area (Å²) in [7, 11) is 0. The average molecular weight is 415 g/mol. The van der Waals surface area contributed by atoms with E-state index in [4.69, 9.17) is 0 Å². The highest BCUT2D eigenvalue weighted by molar-refractivity contribution is 6.05. The summed E-state index contributed by atoms with van der Waals surface area (Å²) in [6.07, 6.45) is 3.54. The highest BCUT2D eigenvalue weighted by atomic mass is 35.5. The number of nitrogens with one attached hydrogen (secondary N) is 2. The van der Waals surface area contributed by atoms with Crippen LogP contribution in [0.4, 0.5) is 10.1 Å². The van der Waals surface area contributed by atoms with E-state index in [1.54, 1.807) is 18.3 Å². The summed E-state index contributed by atoms with van der Waals surface area (Å²) in [4.78, 5) is 13.0. The Morgan fingerprint density at radius 1 is 1.17 bits per heavy atom. The smallest absolute Gasteiger partial charge is 0.259 e. The lowest BCUT2D eigenvalue weighted by atomic mass is 9.91. The zero-order chi connectivity index (χ0) is 19.5. The van der Waals surface area contributed by atoms with Crippen molar-refractivity contribution in [1.82, 2.24) is 15.1 Å². The normalized spacial score (nSPS) is 14.3. The zero-order valence-corrected chi connectivity index (χ0v) is 17.0. The zero-order valence-electron chi connectivity index (χ0n) is 16.2. The number of aryl methyl sites for hydroxylation is 1. The Balaban J connectivity index is 0.00000240. The van der Waals surface area contributed by atoms with Gasteiger partial charge >= 0.3 is 0 Å². The van der Waals surface area contributed by atoms with E-state index >= 15 is 0 Å². The highest BCUT2D eigenvalue weighted by Crippen LogP contribution is 2.31. The number of aromatic nitrogens is 2. The van der Waals surface area contributed by atoms with Crippen LogP contribution in [0.1, 0.15) is 40.4 Å². The summed E-state index contributed by atoms with van der Waals surface area (Å²) in [6, 6.07) is 13.9. The molecule has 0 saturated carbocycles. The van der Waals surface area contributed by atoms with E-state index < -0.39 is 0 Å². The van der Waals surface area contributed by atoms with Gasteiger partial charge in [-0.3, -0.25) is 4.79 Å². The molecule has 0 aliphatic carbocycles. The number of nitrogens with zero attached hydrogens (tertiary/aromatic N) is 2. The molecule has 1 fully saturated rings. The van der Waals surface area contributed by atoms with Gasteiger partial charge in [0.25, 0.3) is 5.91 Å². The molecule has 1 saturated heterocycles. The number of benzene rings is 2. The van der Waals surface area contributed by atoms with Gasteiger partial charge in [-0.1, -0.05) is 12.1 Å². The lowest BCUT2D eigenvalue weighted by Gasteiger charge is -2.24. The highest BCUT2D eigenvalue weighted by Gasteiger charge is 2.27. The first-order valence-corrected chi connectivity index (χ1v) is 9.54. The van der Waals surface area contributed by atoms with Crippen molar-refractivity contribution in [3.05, 3.63) is 77.4 Å². The van der Waals surface area contributed by atoms with Gasteiger partial charge in [0.1, 0.15) is 5.82 Å². The van der Waals surface area contributed by atoms with Gasteiger partial charge in [-0.25, -0.2) is 9.07 Å². The lowest BCUT2D eigenvalue weighted by Crippen LogP contribution is -2.29. The number of amides is 1. The lowest BCUT2D eigenvalue weighted by molar-refractivity contribution is 0.102. The van der Waals surface area contributed by atoms with Crippen molar-refractivity contribution in [2.24, 2.45) is 0 Å². The first-order valence-electron chi connectivity index (χ1n) is 9.54. The molecular formula is C22H24ClFN4O. The van der Waals surface area contributed by atoms with Crippen molar-refractivity contribution in [2.45, 2.75) is 25.7 Å². The van der Waals surface area contributed by atoms with Gasteiger partial charge in [0.15, 0.2) is 0 Å². The van der Waals surface area contributed by atoms with E-state index in [0.29, 0.717) is 11.3 Å². The second kappa shape index (κ2) is 9.20. The number of hydrogen-bond donors (Lipinski definition) is 2. The van der Waals surface area contributed by atoms with Crippen LogP contribution in [0, 0.1) is 12.7 Å². The third-order valence-electron chi connectivity index (χ3n) is 5.13. The fraction of sp³-hybridized carbons (Fsp3) is 0.273. The Morgan fingerprint density at radius 2 is 1.90 bits per heavy atom. The van der Waals surface area contributed by atoms with E-state index in [9.17, 15) is 9.18 Å². The molecule has 3 aromatic rings. The van der Waals surface area contributed by atoms with Gasteiger partial charge in [-0.15, -0.1) is 12.4 Å². The maximum absolute atomic E-state index is 13.1. The molecule has 2 N–H and O–H groups in total. The van der Waals surface area contributed by atoms with Crippen molar-refractivity contribution in [1.29, 1.82) is 0 Å². The van der Waals surface area contributed by atoms with E-state index in [2.05, 4.69) is 21.8 Å². The minimum atomic E-state index is -0.333. The predicted octanol–water partition coefficient (Wildman–Crippen LogP) is 4.46. The van der Waals surface area contributed by atoms with Crippen molar-refractivity contribution >= 4 is 24.0 Å². The number of anilines is 1. The van der Waals surface area contributed by atoms with Crippen LogP contribution in [0.3, 0.4) is 0 Å². The standard InChI is InChI=1S/C22H23FN4O.ClH/c1-15-3-2-4-19(13-15)27-21(16-9-11-24-12-10-16)20(14-25-27)22(28)26-18-7-5-17(23)6-8-18;/h2-8,13-14,16,24H,9-12H2,1H3,(H,26,28);1H. The topological polar surface area (TPSA) is 59.0 Å². The van der Waals surface area contributed by atoms with Gasteiger partial charge < -0.3 is 10.6 Å². The van der Waals surface area contributed by atoms with Crippen LogP contribution in [0.15, 0.2) is 54.7 Å². The molecule has 4 rings (SSSR count). The van der Waals surface area contributed by atoms with Crippen LogP contribution in [0.2, 0.25) is 0 Å². The summed E-state index contributed by atoms with van der Waals surface area (Å²) in [5.74, 6) is -0.307. The molecule has 152 valence electrons. The maximum atomic E-state index is 13.1. The fourth-order valence-electron chi connectivity index (χ4n) is 3.72. The number of halogens is 2. The van der Waals surface area contributed by atoms with Crippen molar-refractivity contribution in [3.8, 4) is 5.69 Å². The molecule has 5 nitrogen and oxygen atoms in total. The summed E-state index contributed by atoms with van der Waals surface area (Å²) in [5.41, 5.74) is 4.16. The largest absolute Gasteiger partial charge is 0.322 e. The number of piperidine rings is 1. The summed E-state index contributed by atoms with van der Waals surface area (Å²) in [5, 5.41) is 10.8. The summed E-state index contributed by atoms with van der Waals surface area (Å²) < 4.78 is 15.0. The first-order chi connectivity index (χ1) is 13.6. The molecule has 1 aliphatic heterocycles. The quantitative estimate of drug-likeness (QED) is 0.662. The molecule has 0 spiro atoms. The average Bonchev–Trinajstić information content (AvgIpc) is 3.16. The number of hydrogen-bond acceptors (Lipinski definition) is 3. The van der Waals surface area contributed by atoms with E-state index in [0.717, 1.165) is 42.9 Å². The van der Waals surface area contributed by atoms with Crippen molar-refractivity contribution < 1.29 is 9.18 Å². The summed E-state index contributed by atoms with van der Waals surface area (Å²) in [6.45, 7) is 3.88.